The van der Waals surface area contributed by atoms with Gasteiger partial charge in [0.25, 0.3) is 0 Å². The third-order valence-corrected chi connectivity index (χ3v) is 5.37. The number of benzene rings is 2. The number of hydrogen-bond acceptors (Lipinski definition) is 2. The van der Waals surface area contributed by atoms with Crippen molar-refractivity contribution in [2.45, 2.75) is 26.8 Å². The summed E-state index contributed by atoms with van der Waals surface area (Å²) in [6.45, 7) is 8.07. The molecular formula is C25H24Cl2N2O2. The maximum absolute atomic E-state index is 12.7. The van der Waals surface area contributed by atoms with Gasteiger partial charge in [-0.15, -0.1) is 6.58 Å². The minimum atomic E-state index is -0.331. The molecule has 0 spiro atoms. The number of carbonyl (C=O) groups is 1. The van der Waals surface area contributed by atoms with Crippen molar-refractivity contribution in [3.05, 3.63) is 94.2 Å². The Morgan fingerprint density at radius 1 is 1.32 bits per heavy atom. The molecule has 2 aromatic carbocycles. The summed E-state index contributed by atoms with van der Waals surface area (Å²) in [6.07, 6.45) is 9.16. The first-order chi connectivity index (χ1) is 14.8. The molecule has 2 amide bonds. The van der Waals surface area contributed by atoms with E-state index in [0.717, 1.165) is 22.3 Å². The molecule has 4 nitrogen and oxygen atoms in total. The quantitative estimate of drug-likeness (QED) is 0.362. The van der Waals surface area contributed by atoms with E-state index in [2.05, 4.69) is 11.9 Å². The zero-order valence-corrected chi connectivity index (χ0v) is 19.0. The number of carbonyl (C=O) groups excluding carboxylic acids is 1. The standard InChI is InChI=1S/C25H24Cl2N2O2/c1-4-8-19-23(30)13-22-20(24(19)18-11-5-6-12-21(18)27)14-28-25(31)29(22)15-17(26)10-7-9-16(2)3/h4-7,9-13,15,30H,1,8,14H2,2-3H3,(H,28,31)/b10-7-,17-15-. The second-order valence-electron chi connectivity index (χ2n) is 7.37. The predicted molar refractivity (Wildman–Crippen MR) is 130 cm³/mol. The van der Waals surface area contributed by atoms with Gasteiger partial charge in [0.15, 0.2) is 0 Å². The van der Waals surface area contributed by atoms with Gasteiger partial charge in [-0.2, -0.15) is 0 Å². The van der Waals surface area contributed by atoms with Crippen molar-refractivity contribution in [1.82, 2.24) is 5.32 Å². The van der Waals surface area contributed by atoms with Crippen molar-refractivity contribution in [3.8, 4) is 16.9 Å². The highest BCUT2D eigenvalue weighted by atomic mass is 35.5. The molecule has 0 aliphatic carbocycles. The molecule has 0 saturated carbocycles. The lowest BCUT2D eigenvalue weighted by Gasteiger charge is -2.31. The van der Waals surface area contributed by atoms with Crippen molar-refractivity contribution in [2.24, 2.45) is 0 Å². The molecule has 31 heavy (non-hydrogen) atoms. The van der Waals surface area contributed by atoms with Gasteiger partial charge in [0.2, 0.25) is 0 Å². The van der Waals surface area contributed by atoms with Crippen molar-refractivity contribution in [1.29, 1.82) is 0 Å². The average molecular weight is 455 g/mol. The molecule has 0 fully saturated rings. The number of halogens is 2. The van der Waals surface area contributed by atoms with Crippen LogP contribution in [0.25, 0.3) is 11.1 Å². The van der Waals surface area contributed by atoms with Gasteiger partial charge >= 0.3 is 6.03 Å². The van der Waals surface area contributed by atoms with Crippen molar-refractivity contribution < 1.29 is 9.90 Å². The fourth-order valence-electron chi connectivity index (χ4n) is 3.46. The first-order valence-electron chi connectivity index (χ1n) is 9.83. The summed E-state index contributed by atoms with van der Waals surface area (Å²) >= 11 is 12.9. The maximum atomic E-state index is 12.7. The number of phenols is 1. The van der Waals surface area contributed by atoms with E-state index in [1.807, 2.05) is 44.2 Å². The first kappa shape index (κ1) is 22.7. The number of nitrogens with one attached hydrogen (secondary N) is 1. The monoisotopic (exact) mass is 454 g/mol. The predicted octanol–water partition coefficient (Wildman–Crippen LogP) is 7.07. The minimum Gasteiger partial charge on any atom is -0.508 e. The second kappa shape index (κ2) is 9.90. The third-order valence-electron chi connectivity index (χ3n) is 4.82. The SMILES string of the molecule is C=CCc1c(O)cc2c(c1-c1ccccc1Cl)CNC(=O)N2/C=C(Cl)/C=C\C=C(C)C. The summed E-state index contributed by atoms with van der Waals surface area (Å²) in [4.78, 5) is 14.1. The van der Waals surface area contributed by atoms with Crippen LogP contribution in [0.1, 0.15) is 25.0 Å². The molecule has 0 radical (unpaired) electrons. The van der Waals surface area contributed by atoms with Gasteiger partial charge in [-0.3, -0.25) is 4.90 Å². The lowest BCUT2D eigenvalue weighted by atomic mass is 9.89. The molecule has 1 aliphatic heterocycles. The summed E-state index contributed by atoms with van der Waals surface area (Å²) in [5, 5.41) is 14.7. The zero-order valence-electron chi connectivity index (χ0n) is 17.5. The number of hydrogen-bond donors (Lipinski definition) is 2. The van der Waals surface area contributed by atoms with Gasteiger partial charge in [0, 0.05) is 40.5 Å². The highest BCUT2D eigenvalue weighted by Crippen LogP contribution is 2.44. The Bertz CT molecular complexity index is 1110. The van der Waals surface area contributed by atoms with Gasteiger partial charge in [-0.25, -0.2) is 4.79 Å². The number of anilines is 1. The average Bonchev–Trinajstić information content (AvgIpc) is 2.71. The summed E-state index contributed by atoms with van der Waals surface area (Å²) in [7, 11) is 0. The van der Waals surface area contributed by atoms with E-state index < -0.39 is 0 Å². The van der Waals surface area contributed by atoms with Crippen LogP contribution >= 0.6 is 23.2 Å². The molecule has 6 heteroatoms. The second-order valence-corrected chi connectivity index (χ2v) is 8.21. The molecule has 3 rings (SSSR count). The van der Waals surface area contributed by atoms with Crippen LogP contribution in [0.5, 0.6) is 5.75 Å². The largest absolute Gasteiger partial charge is 0.508 e. The van der Waals surface area contributed by atoms with Crippen LogP contribution in [-0.4, -0.2) is 11.1 Å². The minimum absolute atomic E-state index is 0.0675. The summed E-state index contributed by atoms with van der Waals surface area (Å²) in [5.74, 6) is 0.0675. The summed E-state index contributed by atoms with van der Waals surface area (Å²) < 4.78 is 0. The van der Waals surface area contributed by atoms with Gasteiger partial charge in [0.1, 0.15) is 5.75 Å². The first-order valence-corrected chi connectivity index (χ1v) is 10.6. The van der Waals surface area contributed by atoms with Crippen LogP contribution in [0.15, 0.2) is 78.0 Å². The van der Waals surface area contributed by atoms with Crippen LogP contribution in [0.3, 0.4) is 0 Å². The van der Waals surface area contributed by atoms with E-state index in [9.17, 15) is 9.90 Å². The maximum Gasteiger partial charge on any atom is 0.326 e. The van der Waals surface area contributed by atoms with Crippen molar-refractivity contribution in [3.63, 3.8) is 0 Å². The van der Waals surface area contributed by atoms with Gasteiger partial charge < -0.3 is 10.4 Å². The van der Waals surface area contributed by atoms with Gasteiger partial charge in [0.05, 0.1) is 10.7 Å². The molecule has 0 unspecified atom stereocenters. The number of rotatable bonds is 6. The molecule has 0 saturated heterocycles. The van der Waals surface area contributed by atoms with Crippen LogP contribution < -0.4 is 10.2 Å². The fraction of sp³-hybridized carbons (Fsp3) is 0.160. The number of urea groups is 1. The molecule has 1 heterocycles. The Kier molecular flexibility index (Phi) is 7.26. The van der Waals surface area contributed by atoms with E-state index in [1.54, 1.807) is 24.3 Å². The van der Waals surface area contributed by atoms with E-state index >= 15 is 0 Å². The fourth-order valence-corrected chi connectivity index (χ4v) is 3.86. The third kappa shape index (κ3) is 5.04. The molecule has 2 aromatic rings. The van der Waals surface area contributed by atoms with Crippen molar-refractivity contribution >= 4 is 34.9 Å². The molecule has 2 N–H and O–H groups in total. The molecule has 160 valence electrons. The summed E-state index contributed by atoms with van der Waals surface area (Å²) in [5.41, 5.74) is 4.80. The van der Waals surface area contributed by atoms with Gasteiger partial charge in [-0.1, -0.05) is 65.2 Å². The highest BCUT2D eigenvalue weighted by Gasteiger charge is 2.29. The normalized spacial score (nSPS) is 13.7. The topological polar surface area (TPSA) is 52.6 Å². The Hall–Kier alpha value is -2.95. The lowest BCUT2D eigenvalue weighted by molar-refractivity contribution is 0.246. The van der Waals surface area contributed by atoms with E-state index in [4.69, 9.17) is 23.2 Å². The molecular weight excluding hydrogens is 431 g/mol. The Balaban J connectivity index is 2.21. The van der Waals surface area contributed by atoms with E-state index in [1.165, 1.54) is 11.1 Å². The van der Waals surface area contributed by atoms with E-state index in [0.29, 0.717) is 34.3 Å². The smallest absolute Gasteiger partial charge is 0.326 e. The number of allylic oxidation sites excluding steroid dienone is 6. The molecule has 0 aromatic heterocycles. The Labute approximate surface area is 192 Å². The number of phenolic OH excluding ortho intramolecular Hbond substituents is 1. The van der Waals surface area contributed by atoms with Crippen LogP contribution in [0, 0.1) is 0 Å². The number of nitrogens with zero attached hydrogens (tertiary/aromatic N) is 1. The number of aromatic hydroxyl groups is 1. The highest BCUT2D eigenvalue weighted by molar-refractivity contribution is 6.33. The number of amides is 2. The Morgan fingerprint density at radius 2 is 2.06 bits per heavy atom. The van der Waals surface area contributed by atoms with Crippen LogP contribution in [0.2, 0.25) is 5.02 Å². The molecule has 1 aliphatic rings. The van der Waals surface area contributed by atoms with Crippen molar-refractivity contribution in [2.75, 3.05) is 4.90 Å². The number of fused-ring (bicyclic) bond motifs is 1. The van der Waals surface area contributed by atoms with Gasteiger partial charge in [-0.05, 0) is 38.0 Å². The van der Waals surface area contributed by atoms with Crippen LogP contribution in [-0.2, 0) is 13.0 Å². The molecule has 0 bridgehead atoms. The van der Waals surface area contributed by atoms with E-state index in [-0.39, 0.29) is 11.8 Å². The lowest BCUT2D eigenvalue weighted by Crippen LogP contribution is -2.41. The molecule has 0 atom stereocenters. The zero-order chi connectivity index (χ0) is 22.5. The summed E-state index contributed by atoms with van der Waals surface area (Å²) in [6, 6.07) is 8.70. The Morgan fingerprint density at radius 3 is 2.74 bits per heavy atom. The van der Waals surface area contributed by atoms with Crippen LogP contribution in [0.4, 0.5) is 10.5 Å².